The van der Waals surface area contributed by atoms with E-state index in [0.717, 1.165) is 0 Å². The lowest BCUT2D eigenvalue weighted by molar-refractivity contribution is -0.146. The van der Waals surface area contributed by atoms with E-state index in [1.807, 2.05) is 32.0 Å². The van der Waals surface area contributed by atoms with Crippen molar-refractivity contribution in [1.82, 2.24) is 10.2 Å². The lowest BCUT2D eigenvalue weighted by Crippen LogP contribution is -2.60. The molecule has 0 aliphatic heterocycles. The SMILES string of the molecule is CC(O)N(C(C)O)C(C)(C)NCc1cccc2ccccc12. The number of fused-ring (bicyclic) bond motifs is 1. The number of aliphatic hydroxyl groups excluding tert-OH is 2. The summed E-state index contributed by atoms with van der Waals surface area (Å²) in [5.74, 6) is 0. The van der Waals surface area contributed by atoms with E-state index in [1.165, 1.54) is 16.3 Å². The minimum Gasteiger partial charge on any atom is -0.379 e. The van der Waals surface area contributed by atoms with Crippen molar-refractivity contribution in [2.75, 3.05) is 0 Å². The quantitative estimate of drug-likeness (QED) is 0.718. The average molecular weight is 302 g/mol. The van der Waals surface area contributed by atoms with E-state index in [1.54, 1.807) is 18.7 Å². The first-order chi connectivity index (χ1) is 10.3. The van der Waals surface area contributed by atoms with Crippen LogP contribution in [0, 0.1) is 0 Å². The Labute approximate surface area is 132 Å². The Bertz CT molecular complexity index is 610. The van der Waals surface area contributed by atoms with Gasteiger partial charge in [-0.1, -0.05) is 42.5 Å². The van der Waals surface area contributed by atoms with Crippen LogP contribution in [0.3, 0.4) is 0 Å². The van der Waals surface area contributed by atoms with E-state index in [-0.39, 0.29) is 0 Å². The largest absolute Gasteiger partial charge is 0.379 e. The summed E-state index contributed by atoms with van der Waals surface area (Å²) in [6.45, 7) is 7.89. The summed E-state index contributed by atoms with van der Waals surface area (Å²) < 4.78 is 0. The van der Waals surface area contributed by atoms with Crippen molar-refractivity contribution in [2.45, 2.75) is 52.4 Å². The summed E-state index contributed by atoms with van der Waals surface area (Å²) in [5, 5.41) is 25.7. The highest BCUT2D eigenvalue weighted by Gasteiger charge is 2.32. The number of nitrogens with zero attached hydrogens (tertiary/aromatic N) is 1. The van der Waals surface area contributed by atoms with Gasteiger partial charge in [0.1, 0.15) is 12.5 Å². The molecule has 0 saturated heterocycles. The van der Waals surface area contributed by atoms with Gasteiger partial charge >= 0.3 is 0 Å². The summed E-state index contributed by atoms with van der Waals surface area (Å²) in [5.41, 5.74) is 0.654. The molecule has 22 heavy (non-hydrogen) atoms. The van der Waals surface area contributed by atoms with Crippen molar-refractivity contribution in [3.05, 3.63) is 48.0 Å². The van der Waals surface area contributed by atoms with Gasteiger partial charge in [0.2, 0.25) is 0 Å². The normalized spacial score (nSPS) is 15.2. The summed E-state index contributed by atoms with van der Waals surface area (Å²) >= 11 is 0. The third-order valence-corrected chi connectivity index (χ3v) is 4.04. The molecular formula is C18H26N2O2. The van der Waals surface area contributed by atoms with E-state index in [2.05, 4.69) is 29.6 Å². The standard InChI is InChI=1S/C18H26N2O2/c1-13(21)20(14(2)22)18(3,4)19-12-16-10-7-9-15-8-5-6-11-17(15)16/h5-11,13-14,19,21-22H,12H2,1-4H3. The zero-order valence-electron chi connectivity index (χ0n) is 13.7. The van der Waals surface area contributed by atoms with Crippen LogP contribution in [0.2, 0.25) is 0 Å². The van der Waals surface area contributed by atoms with Gasteiger partial charge in [0.25, 0.3) is 0 Å². The van der Waals surface area contributed by atoms with Gasteiger partial charge in [-0.05, 0) is 44.0 Å². The van der Waals surface area contributed by atoms with Gasteiger partial charge in [-0.3, -0.25) is 5.32 Å². The lowest BCUT2D eigenvalue weighted by atomic mass is 10.0. The fourth-order valence-electron chi connectivity index (χ4n) is 3.10. The molecule has 3 N–H and O–H groups in total. The summed E-state index contributed by atoms with van der Waals surface area (Å²) in [6, 6.07) is 14.5. The molecule has 0 spiro atoms. The van der Waals surface area contributed by atoms with Crippen LogP contribution >= 0.6 is 0 Å². The predicted molar refractivity (Wildman–Crippen MR) is 90.1 cm³/mol. The van der Waals surface area contributed by atoms with E-state index < -0.39 is 18.1 Å². The Kier molecular flexibility index (Phi) is 5.19. The highest BCUT2D eigenvalue weighted by Crippen LogP contribution is 2.21. The molecule has 2 aromatic rings. The molecule has 2 aromatic carbocycles. The van der Waals surface area contributed by atoms with Gasteiger partial charge < -0.3 is 10.2 Å². The number of benzene rings is 2. The van der Waals surface area contributed by atoms with Crippen molar-refractivity contribution in [3.8, 4) is 0 Å². The van der Waals surface area contributed by atoms with E-state index >= 15 is 0 Å². The molecule has 0 radical (unpaired) electrons. The second-order valence-corrected chi connectivity index (χ2v) is 6.22. The zero-order chi connectivity index (χ0) is 16.3. The van der Waals surface area contributed by atoms with Crippen LogP contribution in [0.4, 0.5) is 0 Å². The monoisotopic (exact) mass is 302 g/mol. The fourth-order valence-corrected chi connectivity index (χ4v) is 3.10. The lowest BCUT2D eigenvalue weighted by Gasteiger charge is -2.43. The van der Waals surface area contributed by atoms with Gasteiger partial charge in [-0.15, -0.1) is 0 Å². The zero-order valence-corrected chi connectivity index (χ0v) is 13.7. The van der Waals surface area contributed by atoms with Crippen molar-refractivity contribution in [2.24, 2.45) is 0 Å². The molecule has 0 fully saturated rings. The number of hydrogen-bond acceptors (Lipinski definition) is 4. The number of hydrogen-bond donors (Lipinski definition) is 3. The molecule has 0 aliphatic rings. The molecule has 2 unspecified atom stereocenters. The summed E-state index contributed by atoms with van der Waals surface area (Å²) in [6.07, 6.45) is -1.48. The van der Waals surface area contributed by atoms with Gasteiger partial charge in [-0.2, -0.15) is 0 Å². The Morgan fingerprint density at radius 3 is 2.23 bits per heavy atom. The van der Waals surface area contributed by atoms with Crippen molar-refractivity contribution in [1.29, 1.82) is 0 Å². The first-order valence-electron chi connectivity index (χ1n) is 7.69. The molecule has 2 rings (SSSR count). The third-order valence-electron chi connectivity index (χ3n) is 4.04. The van der Waals surface area contributed by atoms with Gasteiger partial charge in [-0.25, -0.2) is 4.90 Å². The highest BCUT2D eigenvalue weighted by molar-refractivity contribution is 5.85. The second-order valence-electron chi connectivity index (χ2n) is 6.22. The average Bonchev–Trinajstić information content (AvgIpc) is 2.43. The van der Waals surface area contributed by atoms with Crippen LogP contribution in [0.25, 0.3) is 10.8 Å². The van der Waals surface area contributed by atoms with Crippen LogP contribution < -0.4 is 5.32 Å². The minimum absolute atomic E-state index is 0.542. The Morgan fingerprint density at radius 2 is 1.59 bits per heavy atom. The maximum absolute atomic E-state index is 9.91. The second kappa shape index (κ2) is 6.75. The van der Waals surface area contributed by atoms with Gasteiger partial charge in [0.15, 0.2) is 0 Å². The van der Waals surface area contributed by atoms with Crippen LogP contribution in [0.5, 0.6) is 0 Å². The first-order valence-corrected chi connectivity index (χ1v) is 7.69. The van der Waals surface area contributed by atoms with Gasteiger partial charge in [0, 0.05) is 6.54 Å². The molecule has 0 aromatic heterocycles. The molecule has 0 aliphatic carbocycles. The van der Waals surface area contributed by atoms with E-state index in [0.29, 0.717) is 6.54 Å². The molecule has 0 amide bonds. The molecule has 0 saturated carbocycles. The smallest absolute Gasteiger partial charge is 0.107 e. The Hall–Kier alpha value is -1.46. The number of aliphatic hydroxyl groups is 2. The van der Waals surface area contributed by atoms with Crippen LogP contribution in [-0.4, -0.2) is 33.2 Å². The van der Waals surface area contributed by atoms with Crippen LogP contribution in [0.1, 0.15) is 33.3 Å². The molecule has 0 heterocycles. The molecule has 120 valence electrons. The van der Waals surface area contributed by atoms with Gasteiger partial charge in [0.05, 0.1) is 5.66 Å². The maximum Gasteiger partial charge on any atom is 0.107 e. The Morgan fingerprint density at radius 1 is 1.00 bits per heavy atom. The number of rotatable bonds is 6. The molecule has 0 bridgehead atoms. The van der Waals surface area contributed by atoms with Crippen LogP contribution in [0.15, 0.2) is 42.5 Å². The first kappa shape index (κ1) is 16.9. The van der Waals surface area contributed by atoms with Crippen molar-refractivity contribution >= 4 is 10.8 Å². The van der Waals surface area contributed by atoms with E-state index in [9.17, 15) is 10.2 Å². The topological polar surface area (TPSA) is 55.7 Å². The summed E-state index contributed by atoms with van der Waals surface area (Å²) in [7, 11) is 0. The van der Waals surface area contributed by atoms with Crippen LogP contribution in [-0.2, 0) is 6.54 Å². The molecule has 4 heteroatoms. The highest BCUT2D eigenvalue weighted by atomic mass is 16.3. The predicted octanol–water partition coefficient (Wildman–Crippen LogP) is 2.64. The van der Waals surface area contributed by atoms with Crippen molar-refractivity contribution in [3.63, 3.8) is 0 Å². The van der Waals surface area contributed by atoms with Crippen molar-refractivity contribution < 1.29 is 10.2 Å². The summed E-state index contributed by atoms with van der Waals surface area (Å²) in [4.78, 5) is 1.64. The minimum atomic E-state index is -0.741. The maximum atomic E-state index is 9.91. The molecule has 2 atom stereocenters. The third kappa shape index (κ3) is 3.65. The fraction of sp³-hybridized carbons (Fsp3) is 0.444. The number of nitrogens with one attached hydrogen (secondary N) is 1. The Balaban J connectivity index is 2.20. The molecular weight excluding hydrogens is 276 g/mol. The molecule has 4 nitrogen and oxygen atoms in total. The van der Waals surface area contributed by atoms with E-state index in [4.69, 9.17) is 0 Å².